The van der Waals surface area contributed by atoms with Crippen molar-refractivity contribution in [1.29, 1.82) is 0 Å². The number of nitrogens with zero attached hydrogens (tertiary/aromatic N) is 2. The Labute approximate surface area is 120 Å². The number of hydrogen-bond acceptors (Lipinski definition) is 4. The lowest BCUT2D eigenvalue weighted by molar-refractivity contribution is 0.0524. The van der Waals surface area contributed by atoms with Gasteiger partial charge in [-0.25, -0.2) is 4.79 Å². The van der Waals surface area contributed by atoms with Crippen molar-refractivity contribution >= 4 is 5.97 Å². The van der Waals surface area contributed by atoms with Gasteiger partial charge in [0, 0.05) is 19.6 Å². The summed E-state index contributed by atoms with van der Waals surface area (Å²) in [4.78, 5) is 11.9. The summed E-state index contributed by atoms with van der Waals surface area (Å²) in [5.74, 6) is -0.279. The number of carbonyl (C=O) groups is 1. The van der Waals surface area contributed by atoms with E-state index in [-0.39, 0.29) is 5.97 Å². The minimum Gasteiger partial charge on any atom is -0.462 e. The van der Waals surface area contributed by atoms with Crippen molar-refractivity contribution in [2.75, 3.05) is 6.61 Å². The van der Waals surface area contributed by atoms with E-state index in [1.807, 2.05) is 14.0 Å². The molecule has 0 saturated heterocycles. The zero-order valence-electron chi connectivity index (χ0n) is 12.5. The lowest BCUT2D eigenvalue weighted by Crippen LogP contribution is -2.29. The van der Waals surface area contributed by atoms with Gasteiger partial charge in [0.25, 0.3) is 0 Å². The van der Waals surface area contributed by atoms with E-state index in [2.05, 4.69) is 10.4 Å². The predicted octanol–water partition coefficient (Wildman–Crippen LogP) is 2.41. The van der Waals surface area contributed by atoms with E-state index in [1.165, 1.54) is 38.5 Å². The summed E-state index contributed by atoms with van der Waals surface area (Å²) in [6, 6.07) is 0.558. The standard InChI is InChI=1S/C15H25N3O2/c1-3-20-15(19)13-10-17-18(2)14(13)11-16-12-8-6-4-5-7-9-12/h10,12,16H,3-9,11H2,1-2H3. The molecule has 1 heterocycles. The zero-order chi connectivity index (χ0) is 14.4. The highest BCUT2D eigenvalue weighted by atomic mass is 16.5. The molecule has 5 nitrogen and oxygen atoms in total. The molecule has 1 N–H and O–H groups in total. The van der Waals surface area contributed by atoms with Gasteiger partial charge >= 0.3 is 5.97 Å². The Balaban J connectivity index is 1.97. The van der Waals surface area contributed by atoms with Crippen LogP contribution in [0.2, 0.25) is 0 Å². The first-order valence-electron chi connectivity index (χ1n) is 7.63. The van der Waals surface area contributed by atoms with E-state index < -0.39 is 0 Å². The van der Waals surface area contributed by atoms with Crippen molar-refractivity contribution in [3.8, 4) is 0 Å². The van der Waals surface area contributed by atoms with Crippen molar-refractivity contribution < 1.29 is 9.53 Å². The topological polar surface area (TPSA) is 56.1 Å². The van der Waals surface area contributed by atoms with E-state index in [0.717, 1.165) is 5.69 Å². The van der Waals surface area contributed by atoms with Gasteiger partial charge < -0.3 is 10.1 Å². The summed E-state index contributed by atoms with van der Waals surface area (Å²) < 4.78 is 6.83. The van der Waals surface area contributed by atoms with Crippen LogP contribution in [0.1, 0.15) is 61.5 Å². The number of esters is 1. The second-order valence-corrected chi connectivity index (χ2v) is 5.42. The summed E-state index contributed by atoms with van der Waals surface area (Å²) in [6.07, 6.45) is 9.35. The number of aromatic nitrogens is 2. The molecule has 0 atom stereocenters. The molecule has 0 bridgehead atoms. The van der Waals surface area contributed by atoms with Gasteiger partial charge in [-0.15, -0.1) is 0 Å². The molecule has 2 rings (SSSR count). The minimum absolute atomic E-state index is 0.279. The number of rotatable bonds is 5. The Morgan fingerprint density at radius 1 is 1.40 bits per heavy atom. The first kappa shape index (κ1) is 15.0. The second kappa shape index (κ2) is 7.43. The predicted molar refractivity (Wildman–Crippen MR) is 77.5 cm³/mol. The summed E-state index contributed by atoms with van der Waals surface area (Å²) in [5, 5.41) is 7.75. The maximum Gasteiger partial charge on any atom is 0.341 e. The number of aryl methyl sites for hydroxylation is 1. The maximum atomic E-state index is 11.9. The third kappa shape index (κ3) is 3.82. The SMILES string of the molecule is CCOC(=O)c1cnn(C)c1CNC1CCCCCC1. The fraction of sp³-hybridized carbons (Fsp3) is 0.733. The molecular formula is C15H25N3O2. The Bertz CT molecular complexity index is 434. The van der Waals surface area contributed by atoms with Gasteiger partial charge in [0.2, 0.25) is 0 Å². The third-order valence-corrected chi connectivity index (χ3v) is 3.97. The first-order valence-corrected chi connectivity index (χ1v) is 7.63. The van der Waals surface area contributed by atoms with Gasteiger partial charge in [0.1, 0.15) is 5.56 Å². The Morgan fingerprint density at radius 2 is 2.10 bits per heavy atom. The molecule has 1 fully saturated rings. The van der Waals surface area contributed by atoms with Crippen molar-refractivity contribution in [3.63, 3.8) is 0 Å². The van der Waals surface area contributed by atoms with Crippen LogP contribution in [0.3, 0.4) is 0 Å². The van der Waals surface area contributed by atoms with Crippen LogP contribution in [-0.2, 0) is 18.3 Å². The lowest BCUT2D eigenvalue weighted by atomic mass is 10.1. The highest BCUT2D eigenvalue weighted by molar-refractivity contribution is 5.90. The van der Waals surface area contributed by atoms with Crippen molar-refractivity contribution in [2.45, 2.75) is 58.0 Å². The van der Waals surface area contributed by atoms with Gasteiger partial charge in [0.05, 0.1) is 18.5 Å². The van der Waals surface area contributed by atoms with E-state index in [4.69, 9.17) is 4.74 Å². The van der Waals surface area contributed by atoms with Crippen LogP contribution in [0, 0.1) is 0 Å². The Kier molecular flexibility index (Phi) is 5.59. The summed E-state index contributed by atoms with van der Waals surface area (Å²) in [6.45, 7) is 2.89. The molecule has 5 heteroatoms. The summed E-state index contributed by atoms with van der Waals surface area (Å²) >= 11 is 0. The molecule has 0 amide bonds. The molecule has 1 aliphatic carbocycles. The van der Waals surface area contributed by atoms with Crippen molar-refractivity contribution in [3.05, 3.63) is 17.5 Å². The number of carbonyl (C=O) groups excluding carboxylic acids is 1. The van der Waals surface area contributed by atoms with Gasteiger partial charge in [-0.2, -0.15) is 5.10 Å². The maximum absolute atomic E-state index is 11.9. The van der Waals surface area contributed by atoms with Gasteiger partial charge in [0.15, 0.2) is 0 Å². The summed E-state index contributed by atoms with van der Waals surface area (Å²) in [5.41, 5.74) is 1.49. The Hall–Kier alpha value is -1.36. The minimum atomic E-state index is -0.279. The van der Waals surface area contributed by atoms with E-state index in [9.17, 15) is 4.79 Å². The molecule has 0 aliphatic heterocycles. The average molecular weight is 279 g/mol. The summed E-state index contributed by atoms with van der Waals surface area (Å²) in [7, 11) is 1.87. The second-order valence-electron chi connectivity index (χ2n) is 5.42. The van der Waals surface area contributed by atoms with E-state index in [1.54, 1.807) is 10.9 Å². The highest BCUT2D eigenvalue weighted by Gasteiger charge is 2.18. The molecule has 0 aromatic carbocycles. The van der Waals surface area contributed by atoms with Gasteiger partial charge in [-0.3, -0.25) is 4.68 Å². The van der Waals surface area contributed by atoms with Crippen molar-refractivity contribution in [2.24, 2.45) is 7.05 Å². The van der Waals surface area contributed by atoms with Crippen LogP contribution in [-0.4, -0.2) is 28.4 Å². The largest absolute Gasteiger partial charge is 0.462 e. The molecule has 0 unspecified atom stereocenters. The van der Waals surface area contributed by atoms with Gasteiger partial charge in [-0.05, 0) is 19.8 Å². The Morgan fingerprint density at radius 3 is 2.75 bits per heavy atom. The fourth-order valence-corrected chi connectivity index (χ4v) is 2.78. The molecule has 1 aliphatic rings. The van der Waals surface area contributed by atoms with Crippen LogP contribution < -0.4 is 5.32 Å². The molecular weight excluding hydrogens is 254 g/mol. The molecule has 0 radical (unpaired) electrons. The van der Waals surface area contributed by atoms with Gasteiger partial charge in [-0.1, -0.05) is 25.7 Å². The van der Waals surface area contributed by atoms with Crippen LogP contribution in [0.15, 0.2) is 6.20 Å². The van der Waals surface area contributed by atoms with Crippen LogP contribution >= 0.6 is 0 Å². The van der Waals surface area contributed by atoms with Crippen LogP contribution in [0.5, 0.6) is 0 Å². The molecule has 1 aromatic heterocycles. The normalized spacial score (nSPS) is 16.9. The zero-order valence-corrected chi connectivity index (χ0v) is 12.5. The monoisotopic (exact) mass is 279 g/mol. The van der Waals surface area contributed by atoms with Crippen LogP contribution in [0.25, 0.3) is 0 Å². The number of hydrogen-bond donors (Lipinski definition) is 1. The smallest absolute Gasteiger partial charge is 0.341 e. The lowest BCUT2D eigenvalue weighted by Gasteiger charge is -2.16. The molecule has 1 aromatic rings. The molecule has 20 heavy (non-hydrogen) atoms. The van der Waals surface area contributed by atoms with E-state index >= 15 is 0 Å². The third-order valence-electron chi connectivity index (χ3n) is 3.97. The fourth-order valence-electron chi connectivity index (χ4n) is 2.78. The number of nitrogens with one attached hydrogen (secondary N) is 1. The quantitative estimate of drug-likeness (QED) is 0.664. The highest BCUT2D eigenvalue weighted by Crippen LogP contribution is 2.18. The molecule has 1 saturated carbocycles. The molecule has 112 valence electrons. The first-order chi connectivity index (χ1) is 9.72. The molecule has 0 spiro atoms. The van der Waals surface area contributed by atoms with Crippen LogP contribution in [0.4, 0.5) is 0 Å². The number of ether oxygens (including phenoxy) is 1. The average Bonchev–Trinajstić information content (AvgIpc) is 2.65. The van der Waals surface area contributed by atoms with Crippen molar-refractivity contribution in [1.82, 2.24) is 15.1 Å². The van der Waals surface area contributed by atoms with E-state index in [0.29, 0.717) is 24.8 Å².